The van der Waals surface area contributed by atoms with Crippen LogP contribution in [0.25, 0.3) is 0 Å². The van der Waals surface area contributed by atoms with Crippen LogP contribution >= 0.6 is 31.9 Å². The molecule has 1 aromatic rings. The summed E-state index contributed by atoms with van der Waals surface area (Å²) < 4.78 is 1.11. The van der Waals surface area contributed by atoms with Crippen LogP contribution in [0.3, 0.4) is 0 Å². The number of nitrogens with zero attached hydrogens (tertiary/aromatic N) is 2. The summed E-state index contributed by atoms with van der Waals surface area (Å²) in [5.74, 6) is 1.10. The maximum Gasteiger partial charge on any atom is 0.143 e. The van der Waals surface area contributed by atoms with Crippen molar-refractivity contribution < 1.29 is 0 Å². The summed E-state index contributed by atoms with van der Waals surface area (Å²) >= 11 is 7.14. The van der Waals surface area contributed by atoms with Crippen LogP contribution in [0.2, 0.25) is 0 Å². The van der Waals surface area contributed by atoms with Crippen LogP contribution in [0.15, 0.2) is 22.8 Å². The van der Waals surface area contributed by atoms with Gasteiger partial charge in [-0.15, -0.1) is 0 Å². The Morgan fingerprint density at radius 1 is 1.44 bits per heavy atom. The predicted molar refractivity (Wildman–Crippen MR) is 75.3 cm³/mol. The number of aromatic nitrogens is 1. The Morgan fingerprint density at radius 2 is 2.31 bits per heavy atom. The molecule has 0 N–H and O–H groups in total. The quantitative estimate of drug-likeness (QED) is 0.768. The Bertz CT molecular complexity index is 342. The summed E-state index contributed by atoms with van der Waals surface area (Å²) in [5.41, 5.74) is 0. The van der Waals surface area contributed by atoms with E-state index in [1.807, 2.05) is 12.3 Å². The average molecular weight is 348 g/mol. The maximum atomic E-state index is 4.50. The van der Waals surface area contributed by atoms with Gasteiger partial charge in [0.1, 0.15) is 5.82 Å². The molecule has 0 aromatic carbocycles. The molecule has 0 bridgehead atoms. The van der Waals surface area contributed by atoms with Gasteiger partial charge in [0.05, 0.1) is 4.47 Å². The van der Waals surface area contributed by atoms with Gasteiger partial charge in [0, 0.05) is 24.1 Å². The molecule has 2 nitrogen and oxygen atoms in total. The molecule has 1 saturated heterocycles. The first-order valence-electron chi connectivity index (χ1n) is 5.76. The number of hydrogen-bond donors (Lipinski definition) is 0. The van der Waals surface area contributed by atoms with Crippen LogP contribution < -0.4 is 4.90 Å². The molecule has 0 radical (unpaired) electrons. The van der Waals surface area contributed by atoms with Gasteiger partial charge in [-0.05, 0) is 53.7 Å². The summed E-state index contributed by atoms with van der Waals surface area (Å²) in [4.78, 5) is 6.95. The summed E-state index contributed by atoms with van der Waals surface area (Å²) in [5, 5.41) is 1.07. The molecule has 0 amide bonds. The van der Waals surface area contributed by atoms with Crippen LogP contribution in [-0.4, -0.2) is 22.9 Å². The third-order valence-corrected chi connectivity index (χ3v) is 4.16. The van der Waals surface area contributed by atoms with Crippen molar-refractivity contribution in [1.29, 1.82) is 0 Å². The topological polar surface area (TPSA) is 16.1 Å². The number of halogens is 2. The first kappa shape index (κ1) is 12.4. The lowest BCUT2D eigenvalue weighted by atomic mass is 10.00. The average Bonchev–Trinajstić information content (AvgIpc) is 2.31. The maximum absolute atomic E-state index is 4.50. The molecule has 1 atom stereocenters. The summed E-state index contributed by atoms with van der Waals surface area (Å²) in [6, 6.07) is 4.68. The molecule has 16 heavy (non-hydrogen) atoms. The van der Waals surface area contributed by atoms with E-state index < -0.39 is 0 Å². The molecular weight excluding hydrogens is 332 g/mol. The fourth-order valence-electron chi connectivity index (χ4n) is 2.29. The third-order valence-electron chi connectivity index (χ3n) is 3.08. The Labute approximate surface area is 114 Å². The molecule has 2 heterocycles. The summed E-state index contributed by atoms with van der Waals surface area (Å²) in [6.45, 7) is 1.13. The van der Waals surface area contributed by atoms with Gasteiger partial charge >= 0.3 is 0 Å². The molecule has 2 rings (SSSR count). The molecule has 0 saturated carbocycles. The third kappa shape index (κ3) is 2.77. The fraction of sp³-hybridized carbons (Fsp3) is 0.583. The molecule has 1 aliphatic rings. The van der Waals surface area contributed by atoms with Gasteiger partial charge in [-0.25, -0.2) is 4.98 Å². The van der Waals surface area contributed by atoms with Gasteiger partial charge < -0.3 is 4.90 Å². The number of hydrogen-bond acceptors (Lipinski definition) is 2. The molecular formula is C12H16Br2N2. The van der Waals surface area contributed by atoms with E-state index in [0.717, 1.165) is 22.2 Å². The monoisotopic (exact) mass is 346 g/mol. The second-order valence-electron chi connectivity index (χ2n) is 4.13. The molecule has 0 aliphatic carbocycles. The number of piperidine rings is 1. The number of rotatable bonds is 3. The van der Waals surface area contributed by atoms with Crippen LogP contribution in [0.4, 0.5) is 5.82 Å². The minimum absolute atomic E-state index is 0.638. The van der Waals surface area contributed by atoms with E-state index in [2.05, 4.69) is 47.8 Å². The highest BCUT2D eigenvalue weighted by molar-refractivity contribution is 9.10. The minimum atomic E-state index is 0.638. The van der Waals surface area contributed by atoms with Crippen molar-refractivity contribution in [3.63, 3.8) is 0 Å². The Kier molecular flexibility index (Phi) is 4.65. The normalized spacial score (nSPS) is 21.1. The second kappa shape index (κ2) is 6.01. The molecule has 88 valence electrons. The Morgan fingerprint density at radius 3 is 3.06 bits per heavy atom. The van der Waals surface area contributed by atoms with Gasteiger partial charge in [0.2, 0.25) is 0 Å². The van der Waals surface area contributed by atoms with Crippen LogP contribution in [0.5, 0.6) is 0 Å². The first-order chi connectivity index (χ1) is 7.83. The molecule has 0 spiro atoms. The smallest absolute Gasteiger partial charge is 0.143 e. The number of anilines is 1. The van der Waals surface area contributed by atoms with E-state index in [1.165, 1.54) is 25.7 Å². The van der Waals surface area contributed by atoms with Gasteiger partial charge in [-0.3, -0.25) is 0 Å². The van der Waals surface area contributed by atoms with Gasteiger partial charge in [-0.1, -0.05) is 15.9 Å². The largest absolute Gasteiger partial charge is 0.353 e. The van der Waals surface area contributed by atoms with Crippen molar-refractivity contribution in [1.82, 2.24) is 4.98 Å². The lowest BCUT2D eigenvalue weighted by Gasteiger charge is -2.37. The fourth-order valence-corrected chi connectivity index (χ4v) is 3.31. The number of pyridine rings is 1. The molecule has 4 heteroatoms. The lowest BCUT2D eigenvalue weighted by molar-refractivity contribution is 0.449. The Hall–Kier alpha value is -0.0900. The van der Waals surface area contributed by atoms with E-state index in [-0.39, 0.29) is 0 Å². The van der Waals surface area contributed by atoms with E-state index >= 15 is 0 Å². The SMILES string of the molecule is BrCCC1CCCCN1c1ncccc1Br. The number of alkyl halides is 1. The van der Waals surface area contributed by atoms with Crippen LogP contribution in [0, 0.1) is 0 Å². The van der Waals surface area contributed by atoms with Crippen molar-refractivity contribution in [2.75, 3.05) is 16.8 Å². The lowest BCUT2D eigenvalue weighted by Crippen LogP contribution is -2.40. The molecule has 1 aliphatic heterocycles. The van der Waals surface area contributed by atoms with Crippen molar-refractivity contribution in [2.24, 2.45) is 0 Å². The standard InChI is InChI=1S/C12H16Br2N2/c13-7-6-10-4-1-2-9-16(10)12-11(14)5-3-8-15-12/h3,5,8,10H,1-2,4,6-7,9H2. The van der Waals surface area contributed by atoms with E-state index in [1.54, 1.807) is 0 Å². The van der Waals surface area contributed by atoms with E-state index in [0.29, 0.717) is 6.04 Å². The van der Waals surface area contributed by atoms with Crippen LogP contribution in [0.1, 0.15) is 25.7 Å². The summed E-state index contributed by atoms with van der Waals surface area (Å²) in [6.07, 6.45) is 6.98. The Balaban J connectivity index is 2.19. The van der Waals surface area contributed by atoms with Crippen molar-refractivity contribution in [2.45, 2.75) is 31.7 Å². The molecule has 1 fully saturated rings. The second-order valence-corrected chi connectivity index (χ2v) is 5.78. The van der Waals surface area contributed by atoms with Crippen LogP contribution in [-0.2, 0) is 0 Å². The highest BCUT2D eigenvalue weighted by atomic mass is 79.9. The zero-order chi connectivity index (χ0) is 11.4. The van der Waals surface area contributed by atoms with Crippen molar-refractivity contribution in [3.8, 4) is 0 Å². The van der Waals surface area contributed by atoms with Gasteiger partial charge in [0.15, 0.2) is 0 Å². The first-order valence-corrected chi connectivity index (χ1v) is 7.67. The van der Waals surface area contributed by atoms with Crippen molar-refractivity contribution in [3.05, 3.63) is 22.8 Å². The zero-order valence-electron chi connectivity index (χ0n) is 9.20. The highest BCUT2D eigenvalue weighted by Crippen LogP contribution is 2.30. The predicted octanol–water partition coefficient (Wildman–Crippen LogP) is 3.99. The van der Waals surface area contributed by atoms with Crippen molar-refractivity contribution >= 4 is 37.7 Å². The summed E-state index contributed by atoms with van der Waals surface area (Å²) in [7, 11) is 0. The molecule has 1 unspecified atom stereocenters. The minimum Gasteiger partial charge on any atom is -0.353 e. The zero-order valence-corrected chi connectivity index (χ0v) is 12.4. The molecule has 1 aromatic heterocycles. The van der Waals surface area contributed by atoms with E-state index in [9.17, 15) is 0 Å². The van der Waals surface area contributed by atoms with E-state index in [4.69, 9.17) is 0 Å². The highest BCUT2D eigenvalue weighted by Gasteiger charge is 2.24. The van der Waals surface area contributed by atoms with Gasteiger partial charge in [0.25, 0.3) is 0 Å². The van der Waals surface area contributed by atoms with Gasteiger partial charge in [-0.2, -0.15) is 0 Å².